The van der Waals surface area contributed by atoms with Crippen LogP contribution in [0.1, 0.15) is 18.4 Å². The van der Waals surface area contributed by atoms with Crippen molar-refractivity contribution < 1.29 is 17.9 Å². The van der Waals surface area contributed by atoms with Crippen LogP contribution in [0.4, 0.5) is 0 Å². The maximum Gasteiger partial charge on any atom is 0.243 e. The Morgan fingerprint density at radius 2 is 2.09 bits per heavy atom. The molecule has 0 radical (unpaired) electrons. The zero-order chi connectivity index (χ0) is 16.5. The van der Waals surface area contributed by atoms with E-state index in [4.69, 9.17) is 9.47 Å². The Morgan fingerprint density at radius 3 is 2.74 bits per heavy atom. The van der Waals surface area contributed by atoms with E-state index >= 15 is 0 Å². The van der Waals surface area contributed by atoms with Crippen molar-refractivity contribution in [3.63, 3.8) is 0 Å². The van der Waals surface area contributed by atoms with E-state index in [2.05, 4.69) is 0 Å². The topological polar surface area (TPSA) is 55.8 Å². The summed E-state index contributed by atoms with van der Waals surface area (Å²) in [5, 5.41) is 0. The first-order valence-electron chi connectivity index (χ1n) is 8.11. The highest BCUT2D eigenvalue weighted by molar-refractivity contribution is 7.89. The molecule has 1 atom stereocenters. The highest BCUT2D eigenvalue weighted by Gasteiger charge is 2.50. The van der Waals surface area contributed by atoms with Crippen molar-refractivity contribution in [3.05, 3.63) is 29.8 Å². The fraction of sp³-hybridized carbons (Fsp3) is 0.647. The number of rotatable bonds is 4. The third-order valence-corrected chi connectivity index (χ3v) is 7.07. The van der Waals surface area contributed by atoms with Gasteiger partial charge in [0, 0.05) is 39.3 Å². The average Bonchev–Trinajstić information content (AvgIpc) is 2.87. The zero-order valence-electron chi connectivity index (χ0n) is 13.8. The lowest BCUT2D eigenvalue weighted by Gasteiger charge is -2.37. The molecule has 2 heterocycles. The fourth-order valence-electron chi connectivity index (χ4n) is 3.87. The standard InChI is InChI=1S/C17H25NO4S/c1-14-4-3-5-16(10-14)23(19,20)18-11-15(12-21-2)17(13-18)6-8-22-9-7-17/h3-5,10,15H,6-9,11-13H2,1-2H3/t15-/m0/s1. The maximum atomic E-state index is 13.0. The van der Waals surface area contributed by atoms with Gasteiger partial charge >= 0.3 is 0 Å². The molecule has 6 heteroatoms. The van der Waals surface area contributed by atoms with Crippen molar-refractivity contribution in [3.8, 4) is 0 Å². The molecular weight excluding hydrogens is 314 g/mol. The molecule has 0 N–H and O–H groups in total. The Labute approximate surface area is 138 Å². The Kier molecular flexibility index (Phi) is 4.78. The van der Waals surface area contributed by atoms with E-state index < -0.39 is 10.0 Å². The highest BCUT2D eigenvalue weighted by atomic mass is 32.2. The molecule has 0 aliphatic carbocycles. The van der Waals surface area contributed by atoms with Crippen molar-refractivity contribution in [2.45, 2.75) is 24.7 Å². The van der Waals surface area contributed by atoms with Gasteiger partial charge in [0.15, 0.2) is 0 Å². The van der Waals surface area contributed by atoms with Gasteiger partial charge in [-0.2, -0.15) is 4.31 Å². The molecular formula is C17H25NO4S. The predicted molar refractivity (Wildman–Crippen MR) is 87.8 cm³/mol. The lowest BCUT2D eigenvalue weighted by molar-refractivity contribution is -0.0162. The molecule has 0 unspecified atom stereocenters. The number of aryl methyl sites for hydroxylation is 1. The van der Waals surface area contributed by atoms with Crippen LogP contribution in [0.5, 0.6) is 0 Å². The number of benzene rings is 1. The van der Waals surface area contributed by atoms with E-state index in [1.54, 1.807) is 29.6 Å². The summed E-state index contributed by atoms with van der Waals surface area (Å²) >= 11 is 0. The van der Waals surface area contributed by atoms with E-state index in [0.717, 1.165) is 18.4 Å². The highest BCUT2D eigenvalue weighted by Crippen LogP contribution is 2.45. The first-order chi connectivity index (χ1) is 11.0. The summed E-state index contributed by atoms with van der Waals surface area (Å²) in [5.41, 5.74) is 0.949. The smallest absolute Gasteiger partial charge is 0.243 e. The number of hydrogen-bond acceptors (Lipinski definition) is 4. The van der Waals surface area contributed by atoms with Gasteiger partial charge < -0.3 is 9.47 Å². The van der Waals surface area contributed by atoms with Crippen LogP contribution in [0.2, 0.25) is 0 Å². The molecule has 2 fully saturated rings. The van der Waals surface area contributed by atoms with Crippen LogP contribution < -0.4 is 0 Å². The third-order valence-electron chi connectivity index (χ3n) is 5.27. The molecule has 5 nitrogen and oxygen atoms in total. The lowest BCUT2D eigenvalue weighted by atomic mass is 9.72. The van der Waals surface area contributed by atoms with Gasteiger partial charge in [-0.05, 0) is 42.9 Å². The molecule has 128 valence electrons. The van der Waals surface area contributed by atoms with E-state index in [1.165, 1.54) is 0 Å². The Bertz CT molecular complexity index is 652. The molecule has 2 aliphatic heterocycles. The summed E-state index contributed by atoms with van der Waals surface area (Å²) in [6.07, 6.45) is 1.81. The van der Waals surface area contributed by atoms with E-state index in [9.17, 15) is 8.42 Å². The predicted octanol–water partition coefficient (Wildman–Crippen LogP) is 2.06. The maximum absolute atomic E-state index is 13.0. The van der Waals surface area contributed by atoms with Crippen molar-refractivity contribution in [2.75, 3.05) is 40.0 Å². The minimum atomic E-state index is -3.45. The SMILES string of the molecule is COC[C@@H]1CN(S(=O)(=O)c2cccc(C)c2)CC12CCOCC2. The van der Waals surface area contributed by atoms with Gasteiger partial charge in [-0.25, -0.2) is 8.42 Å². The van der Waals surface area contributed by atoms with Crippen LogP contribution in [0.25, 0.3) is 0 Å². The number of ether oxygens (including phenoxy) is 2. The van der Waals surface area contributed by atoms with Crippen molar-refractivity contribution in [1.82, 2.24) is 4.31 Å². The van der Waals surface area contributed by atoms with Crippen LogP contribution in [0, 0.1) is 18.3 Å². The second-order valence-corrected chi connectivity index (χ2v) is 8.68. The van der Waals surface area contributed by atoms with E-state index in [1.807, 2.05) is 13.0 Å². The third kappa shape index (κ3) is 3.18. The molecule has 1 aromatic carbocycles. The molecule has 2 saturated heterocycles. The number of nitrogens with zero attached hydrogens (tertiary/aromatic N) is 1. The van der Waals surface area contributed by atoms with E-state index in [-0.39, 0.29) is 11.3 Å². The minimum Gasteiger partial charge on any atom is -0.384 e. The molecule has 23 heavy (non-hydrogen) atoms. The van der Waals surface area contributed by atoms with Crippen LogP contribution in [-0.2, 0) is 19.5 Å². The summed E-state index contributed by atoms with van der Waals surface area (Å²) in [4.78, 5) is 0.387. The van der Waals surface area contributed by atoms with Crippen molar-refractivity contribution in [2.24, 2.45) is 11.3 Å². The molecule has 0 amide bonds. The van der Waals surface area contributed by atoms with Crippen molar-refractivity contribution >= 4 is 10.0 Å². The number of sulfonamides is 1. The molecule has 2 aliphatic rings. The van der Waals surface area contributed by atoms with Gasteiger partial charge in [-0.15, -0.1) is 0 Å². The minimum absolute atomic E-state index is 0.00877. The normalized spacial score (nSPS) is 25.0. The van der Waals surface area contributed by atoms with Crippen molar-refractivity contribution in [1.29, 1.82) is 0 Å². The lowest BCUT2D eigenvalue weighted by Crippen LogP contribution is -2.39. The first-order valence-corrected chi connectivity index (χ1v) is 9.55. The van der Waals surface area contributed by atoms with Gasteiger partial charge in [0.05, 0.1) is 11.5 Å². The summed E-state index contributed by atoms with van der Waals surface area (Å²) in [7, 11) is -1.77. The zero-order valence-corrected chi connectivity index (χ0v) is 14.6. The largest absolute Gasteiger partial charge is 0.384 e. The fourth-order valence-corrected chi connectivity index (χ4v) is 5.55. The van der Waals surface area contributed by atoms with Gasteiger partial charge in [-0.3, -0.25) is 0 Å². The number of methoxy groups -OCH3 is 1. The molecule has 1 spiro atoms. The van der Waals surface area contributed by atoms with Crippen LogP contribution >= 0.6 is 0 Å². The van der Waals surface area contributed by atoms with E-state index in [0.29, 0.717) is 37.8 Å². The van der Waals surface area contributed by atoms with Gasteiger partial charge in [-0.1, -0.05) is 12.1 Å². The summed E-state index contributed by atoms with van der Waals surface area (Å²) in [5.74, 6) is 0.232. The van der Waals surface area contributed by atoms with Gasteiger partial charge in [0.25, 0.3) is 0 Å². The average molecular weight is 339 g/mol. The van der Waals surface area contributed by atoms with Crippen LogP contribution in [-0.4, -0.2) is 52.7 Å². The molecule has 0 saturated carbocycles. The second-order valence-electron chi connectivity index (χ2n) is 6.74. The van der Waals surface area contributed by atoms with Gasteiger partial charge in [0.1, 0.15) is 0 Å². The number of hydrogen-bond donors (Lipinski definition) is 0. The summed E-state index contributed by atoms with van der Waals surface area (Å²) in [6, 6.07) is 7.14. The summed E-state index contributed by atoms with van der Waals surface area (Å²) < 4.78 is 38.6. The Hall–Kier alpha value is -0.950. The molecule has 3 rings (SSSR count). The quantitative estimate of drug-likeness (QED) is 0.842. The van der Waals surface area contributed by atoms with Crippen LogP contribution in [0.15, 0.2) is 29.2 Å². The Balaban J connectivity index is 1.89. The monoisotopic (exact) mass is 339 g/mol. The molecule has 1 aromatic rings. The van der Waals surface area contributed by atoms with Gasteiger partial charge in [0.2, 0.25) is 10.0 Å². The molecule has 0 aromatic heterocycles. The Morgan fingerprint density at radius 1 is 1.35 bits per heavy atom. The second kappa shape index (κ2) is 6.51. The molecule has 0 bridgehead atoms. The van der Waals surface area contributed by atoms with Crippen LogP contribution in [0.3, 0.4) is 0 Å². The summed E-state index contributed by atoms with van der Waals surface area (Å²) in [6.45, 7) is 5.03. The first kappa shape index (κ1) is 16.9.